The summed E-state index contributed by atoms with van der Waals surface area (Å²) in [5, 5.41) is 6.83. The molecule has 2 atom stereocenters. The van der Waals surface area contributed by atoms with Crippen LogP contribution in [0.5, 0.6) is 0 Å². The Morgan fingerprint density at radius 2 is 2.29 bits per heavy atom. The zero-order valence-corrected chi connectivity index (χ0v) is 13.5. The van der Waals surface area contributed by atoms with Crippen LogP contribution >= 0.6 is 0 Å². The number of carbonyl (C=O) groups excluding carboxylic acids is 1. The van der Waals surface area contributed by atoms with Crippen molar-refractivity contribution in [1.29, 1.82) is 0 Å². The van der Waals surface area contributed by atoms with Gasteiger partial charge in [-0.3, -0.25) is 9.79 Å². The fourth-order valence-corrected chi connectivity index (χ4v) is 3.00. The first-order chi connectivity index (χ1) is 10.2. The maximum absolute atomic E-state index is 11.5. The lowest BCUT2D eigenvalue weighted by molar-refractivity contribution is -0.127. The number of amides is 1. The number of nitrogens with one attached hydrogen (secondary N) is 2. The molecule has 2 N–H and O–H groups in total. The highest BCUT2D eigenvalue weighted by Crippen LogP contribution is 2.34. The molecule has 2 fully saturated rings. The molecule has 5 heteroatoms. The van der Waals surface area contributed by atoms with Crippen molar-refractivity contribution in [2.45, 2.75) is 58.4 Å². The van der Waals surface area contributed by atoms with Crippen LogP contribution in [0.4, 0.5) is 0 Å². The number of nitrogens with zero attached hydrogens (tertiary/aromatic N) is 2. The Labute approximate surface area is 128 Å². The first-order valence-electron chi connectivity index (χ1n) is 8.57. The standard InChI is InChI=1S/C16H30N4O/c1-3-7-13-12-14(13)19-16(17-4-2)18-9-6-11-20-10-5-8-15(20)21/h13-14H,3-12H2,1-2H3,(H2,17,18,19). The molecule has 1 aliphatic heterocycles. The summed E-state index contributed by atoms with van der Waals surface area (Å²) in [6.45, 7) is 7.79. The number of likely N-dealkylation sites (tertiary alicyclic amines) is 1. The molecule has 0 aromatic heterocycles. The summed E-state index contributed by atoms with van der Waals surface area (Å²) in [4.78, 5) is 18.1. The molecule has 1 saturated heterocycles. The Morgan fingerprint density at radius 3 is 2.95 bits per heavy atom. The van der Waals surface area contributed by atoms with Crippen molar-refractivity contribution in [3.63, 3.8) is 0 Å². The second-order valence-corrected chi connectivity index (χ2v) is 6.13. The minimum atomic E-state index is 0.310. The minimum absolute atomic E-state index is 0.310. The predicted molar refractivity (Wildman–Crippen MR) is 86.3 cm³/mol. The number of aliphatic imine (C=N–C) groups is 1. The van der Waals surface area contributed by atoms with E-state index < -0.39 is 0 Å². The lowest BCUT2D eigenvalue weighted by atomic mass is 10.2. The van der Waals surface area contributed by atoms with Gasteiger partial charge in [0.1, 0.15) is 0 Å². The molecule has 120 valence electrons. The Bertz CT molecular complexity index is 369. The summed E-state index contributed by atoms with van der Waals surface area (Å²) in [5.74, 6) is 2.08. The maximum Gasteiger partial charge on any atom is 0.222 e. The number of hydrogen-bond acceptors (Lipinski definition) is 2. The molecule has 0 aromatic rings. The normalized spacial score (nSPS) is 25.3. The van der Waals surface area contributed by atoms with Gasteiger partial charge in [0.2, 0.25) is 5.91 Å². The first-order valence-corrected chi connectivity index (χ1v) is 8.57. The Kier molecular flexibility index (Phi) is 6.33. The molecule has 5 nitrogen and oxygen atoms in total. The van der Waals surface area contributed by atoms with Gasteiger partial charge in [0.05, 0.1) is 0 Å². The molecular formula is C16H30N4O. The quantitative estimate of drug-likeness (QED) is 0.407. The summed E-state index contributed by atoms with van der Waals surface area (Å²) in [5.41, 5.74) is 0. The topological polar surface area (TPSA) is 56.7 Å². The molecule has 0 bridgehead atoms. The van der Waals surface area contributed by atoms with Crippen LogP contribution < -0.4 is 10.6 Å². The van der Waals surface area contributed by atoms with Gasteiger partial charge in [-0.2, -0.15) is 0 Å². The summed E-state index contributed by atoms with van der Waals surface area (Å²) in [6.07, 6.45) is 6.56. The Hall–Kier alpha value is -1.26. The lowest BCUT2D eigenvalue weighted by Crippen LogP contribution is -2.39. The predicted octanol–water partition coefficient (Wildman–Crippen LogP) is 1.74. The molecule has 0 aromatic carbocycles. The molecule has 1 heterocycles. The van der Waals surface area contributed by atoms with E-state index in [1.54, 1.807) is 0 Å². The van der Waals surface area contributed by atoms with Gasteiger partial charge in [0.15, 0.2) is 5.96 Å². The van der Waals surface area contributed by atoms with Crippen molar-refractivity contribution in [1.82, 2.24) is 15.5 Å². The number of guanidine groups is 1. The largest absolute Gasteiger partial charge is 0.357 e. The van der Waals surface area contributed by atoms with Crippen LogP contribution in [0, 0.1) is 5.92 Å². The van der Waals surface area contributed by atoms with Crippen molar-refractivity contribution >= 4 is 11.9 Å². The van der Waals surface area contributed by atoms with Gasteiger partial charge in [0.25, 0.3) is 0 Å². The van der Waals surface area contributed by atoms with Crippen molar-refractivity contribution < 1.29 is 4.79 Å². The van der Waals surface area contributed by atoms with Gasteiger partial charge in [-0.15, -0.1) is 0 Å². The molecule has 2 aliphatic rings. The number of carbonyl (C=O) groups is 1. The van der Waals surface area contributed by atoms with E-state index in [2.05, 4.69) is 29.5 Å². The van der Waals surface area contributed by atoms with Crippen LogP contribution in [0.2, 0.25) is 0 Å². The average Bonchev–Trinajstić information content (AvgIpc) is 3.05. The molecule has 0 radical (unpaired) electrons. The Balaban J connectivity index is 1.67. The minimum Gasteiger partial charge on any atom is -0.357 e. The zero-order valence-electron chi connectivity index (χ0n) is 13.5. The van der Waals surface area contributed by atoms with Crippen LogP contribution in [0.25, 0.3) is 0 Å². The highest BCUT2D eigenvalue weighted by molar-refractivity contribution is 5.80. The summed E-state index contributed by atoms with van der Waals surface area (Å²) < 4.78 is 0. The molecule has 2 rings (SSSR count). The third kappa shape index (κ3) is 5.21. The summed E-state index contributed by atoms with van der Waals surface area (Å²) in [7, 11) is 0. The maximum atomic E-state index is 11.5. The van der Waals surface area contributed by atoms with Crippen LogP contribution in [0.3, 0.4) is 0 Å². The van der Waals surface area contributed by atoms with Crippen LogP contribution in [-0.4, -0.2) is 49.0 Å². The second-order valence-electron chi connectivity index (χ2n) is 6.13. The van der Waals surface area contributed by atoms with Gasteiger partial charge in [-0.05, 0) is 38.5 Å². The van der Waals surface area contributed by atoms with E-state index in [-0.39, 0.29) is 0 Å². The van der Waals surface area contributed by atoms with Gasteiger partial charge < -0.3 is 15.5 Å². The number of rotatable bonds is 8. The van der Waals surface area contributed by atoms with Crippen LogP contribution in [-0.2, 0) is 4.79 Å². The van der Waals surface area contributed by atoms with Crippen molar-refractivity contribution in [3.05, 3.63) is 0 Å². The van der Waals surface area contributed by atoms with Gasteiger partial charge in [-0.1, -0.05) is 13.3 Å². The highest BCUT2D eigenvalue weighted by Gasteiger charge is 2.36. The van der Waals surface area contributed by atoms with E-state index in [0.29, 0.717) is 11.9 Å². The molecule has 1 aliphatic carbocycles. The van der Waals surface area contributed by atoms with E-state index in [9.17, 15) is 4.79 Å². The average molecular weight is 294 g/mol. The molecule has 2 unspecified atom stereocenters. The molecule has 21 heavy (non-hydrogen) atoms. The number of hydrogen-bond donors (Lipinski definition) is 2. The molecular weight excluding hydrogens is 264 g/mol. The van der Waals surface area contributed by atoms with Crippen molar-refractivity contribution in [2.75, 3.05) is 26.2 Å². The van der Waals surface area contributed by atoms with Crippen LogP contribution in [0.1, 0.15) is 52.4 Å². The molecule has 0 spiro atoms. The first kappa shape index (κ1) is 16.1. The SMILES string of the molecule is CCCC1CC1NC(=NCCCN1CCCC1=O)NCC. The fourth-order valence-electron chi connectivity index (χ4n) is 3.00. The van der Waals surface area contributed by atoms with Gasteiger partial charge in [-0.25, -0.2) is 0 Å². The summed E-state index contributed by atoms with van der Waals surface area (Å²) >= 11 is 0. The third-order valence-electron chi connectivity index (χ3n) is 4.28. The Morgan fingerprint density at radius 1 is 1.43 bits per heavy atom. The molecule has 1 amide bonds. The van der Waals surface area contributed by atoms with Gasteiger partial charge in [0, 0.05) is 38.6 Å². The third-order valence-corrected chi connectivity index (χ3v) is 4.28. The van der Waals surface area contributed by atoms with E-state index in [4.69, 9.17) is 0 Å². The lowest BCUT2D eigenvalue weighted by Gasteiger charge is -2.15. The summed E-state index contributed by atoms with van der Waals surface area (Å²) in [6, 6.07) is 0.614. The van der Waals surface area contributed by atoms with E-state index in [1.807, 2.05) is 4.90 Å². The van der Waals surface area contributed by atoms with E-state index in [1.165, 1.54) is 19.3 Å². The van der Waals surface area contributed by atoms with E-state index >= 15 is 0 Å². The fraction of sp³-hybridized carbons (Fsp3) is 0.875. The van der Waals surface area contributed by atoms with Crippen molar-refractivity contribution in [3.8, 4) is 0 Å². The van der Waals surface area contributed by atoms with Gasteiger partial charge >= 0.3 is 0 Å². The smallest absolute Gasteiger partial charge is 0.222 e. The zero-order chi connectivity index (χ0) is 15.1. The van der Waals surface area contributed by atoms with Crippen LogP contribution in [0.15, 0.2) is 4.99 Å². The monoisotopic (exact) mass is 294 g/mol. The second kappa shape index (κ2) is 8.25. The van der Waals surface area contributed by atoms with E-state index in [0.717, 1.165) is 57.3 Å². The highest BCUT2D eigenvalue weighted by atomic mass is 16.2. The molecule has 1 saturated carbocycles. The van der Waals surface area contributed by atoms with Crippen molar-refractivity contribution in [2.24, 2.45) is 10.9 Å².